The summed E-state index contributed by atoms with van der Waals surface area (Å²) >= 11 is 0. The minimum Gasteiger partial charge on any atom is -0.466 e. The third-order valence-electron chi connectivity index (χ3n) is 13.2. The number of rotatable bonds is 53. The van der Waals surface area contributed by atoms with E-state index in [1.54, 1.807) is 6.08 Å². The Morgan fingerprint density at radius 2 is 0.734 bits per heavy atom. The van der Waals surface area contributed by atoms with Crippen LogP contribution in [0.4, 0.5) is 0 Å². The Balaban J connectivity index is 3.50. The molecule has 0 rings (SSSR count). The second kappa shape index (κ2) is 54.0. The largest absolute Gasteiger partial charge is 0.466 e. The van der Waals surface area contributed by atoms with E-state index in [2.05, 4.69) is 31.3 Å². The summed E-state index contributed by atoms with van der Waals surface area (Å²) in [6.07, 6.45) is 64.7. The zero-order valence-corrected chi connectivity index (χ0v) is 43.0. The van der Waals surface area contributed by atoms with Crippen molar-refractivity contribution in [2.24, 2.45) is 0 Å². The molecule has 6 heteroatoms. The number of carbonyl (C=O) groups excluding carboxylic acids is 2. The lowest BCUT2D eigenvalue weighted by molar-refractivity contribution is -0.143. The van der Waals surface area contributed by atoms with Crippen LogP contribution in [0.3, 0.4) is 0 Å². The first-order chi connectivity index (χ1) is 31.5. The molecule has 0 aliphatic heterocycles. The molecule has 6 nitrogen and oxygen atoms in total. The van der Waals surface area contributed by atoms with Crippen LogP contribution < -0.4 is 5.32 Å². The van der Waals surface area contributed by atoms with Gasteiger partial charge in [0.1, 0.15) is 0 Å². The van der Waals surface area contributed by atoms with Crippen LogP contribution in [0, 0.1) is 0 Å². The van der Waals surface area contributed by atoms with E-state index in [4.69, 9.17) is 4.74 Å². The average Bonchev–Trinajstić information content (AvgIpc) is 3.29. The Kier molecular flexibility index (Phi) is 52.6. The summed E-state index contributed by atoms with van der Waals surface area (Å²) in [5.41, 5.74) is 0. The van der Waals surface area contributed by atoms with Gasteiger partial charge in [0.25, 0.3) is 0 Å². The number of unbranched alkanes of at least 4 members (excludes halogenated alkanes) is 40. The van der Waals surface area contributed by atoms with E-state index in [-0.39, 0.29) is 18.5 Å². The van der Waals surface area contributed by atoms with E-state index in [9.17, 15) is 19.8 Å². The molecule has 0 aromatic rings. The molecule has 0 aliphatic rings. The van der Waals surface area contributed by atoms with Gasteiger partial charge in [-0.2, -0.15) is 0 Å². The van der Waals surface area contributed by atoms with Crippen molar-refractivity contribution in [1.29, 1.82) is 0 Å². The Bertz CT molecular complexity index is 997. The molecular weight excluding hydrogens is 791 g/mol. The first-order valence-electron chi connectivity index (χ1n) is 28.6. The number of aliphatic hydroxyl groups is 2. The van der Waals surface area contributed by atoms with Crippen LogP contribution in [0.25, 0.3) is 0 Å². The number of hydrogen-bond donors (Lipinski definition) is 3. The van der Waals surface area contributed by atoms with Crippen LogP contribution in [0.2, 0.25) is 0 Å². The van der Waals surface area contributed by atoms with Crippen molar-refractivity contribution in [3.05, 3.63) is 24.3 Å². The van der Waals surface area contributed by atoms with Gasteiger partial charge in [0.2, 0.25) is 5.91 Å². The number of nitrogens with one attached hydrogen (secondary N) is 1. The smallest absolute Gasteiger partial charge is 0.305 e. The molecule has 0 heterocycles. The monoisotopic (exact) mass is 902 g/mol. The van der Waals surface area contributed by atoms with Gasteiger partial charge in [-0.15, -0.1) is 0 Å². The van der Waals surface area contributed by atoms with Crippen molar-refractivity contribution in [2.45, 2.75) is 321 Å². The van der Waals surface area contributed by atoms with E-state index in [0.717, 1.165) is 57.8 Å². The maximum atomic E-state index is 12.5. The van der Waals surface area contributed by atoms with Gasteiger partial charge in [0.05, 0.1) is 25.4 Å². The first kappa shape index (κ1) is 62.3. The van der Waals surface area contributed by atoms with Gasteiger partial charge in [-0.3, -0.25) is 9.59 Å². The number of carbonyl (C=O) groups is 2. The van der Waals surface area contributed by atoms with Crippen LogP contribution in [-0.4, -0.2) is 47.4 Å². The number of allylic oxidation sites excluding steroid dienone is 3. The number of esters is 1. The molecule has 0 saturated carbocycles. The maximum absolute atomic E-state index is 12.5. The third kappa shape index (κ3) is 49.8. The van der Waals surface area contributed by atoms with Gasteiger partial charge in [-0.25, -0.2) is 0 Å². The van der Waals surface area contributed by atoms with Crippen LogP contribution >= 0.6 is 0 Å². The molecule has 1 amide bonds. The fourth-order valence-corrected chi connectivity index (χ4v) is 8.81. The lowest BCUT2D eigenvalue weighted by Gasteiger charge is -2.20. The van der Waals surface area contributed by atoms with E-state index in [0.29, 0.717) is 19.4 Å². The molecule has 0 aromatic carbocycles. The number of hydrogen-bond acceptors (Lipinski definition) is 5. The standard InChI is InChI=1S/C58H111NO5/c1-3-5-7-9-11-13-15-17-19-21-23-24-26-28-30-34-38-42-46-50-56(61)55(54-60)59-57(62)51-47-43-39-35-32-33-37-41-45-49-53-64-58(63)52-48-44-40-36-31-29-27-25-22-20-18-16-14-12-10-8-6-4-2/h20,22,46,50,55-56,60-61H,3-19,21,23-45,47-49,51-54H2,1-2H3,(H,59,62)/b22-20-,50-46+. The Hall–Kier alpha value is -1.66. The van der Waals surface area contributed by atoms with Crippen molar-refractivity contribution < 1.29 is 24.5 Å². The summed E-state index contributed by atoms with van der Waals surface area (Å²) in [6.45, 7) is 4.86. The lowest BCUT2D eigenvalue weighted by atomic mass is 10.0. The molecule has 64 heavy (non-hydrogen) atoms. The summed E-state index contributed by atoms with van der Waals surface area (Å²) in [6, 6.07) is -0.645. The molecule has 0 aromatic heterocycles. The van der Waals surface area contributed by atoms with Crippen LogP contribution in [-0.2, 0) is 14.3 Å². The second-order valence-electron chi connectivity index (χ2n) is 19.6. The van der Waals surface area contributed by atoms with E-state index >= 15 is 0 Å². The topological polar surface area (TPSA) is 95.9 Å². The number of ether oxygens (including phenoxy) is 1. The maximum Gasteiger partial charge on any atom is 0.305 e. The predicted octanol–water partition coefficient (Wildman–Crippen LogP) is 17.5. The second-order valence-corrected chi connectivity index (χ2v) is 19.6. The third-order valence-corrected chi connectivity index (χ3v) is 13.2. The molecule has 2 atom stereocenters. The van der Waals surface area contributed by atoms with Gasteiger partial charge in [-0.1, -0.05) is 263 Å². The number of aliphatic hydroxyl groups excluding tert-OH is 2. The average molecular weight is 903 g/mol. The predicted molar refractivity (Wildman–Crippen MR) is 278 cm³/mol. The van der Waals surface area contributed by atoms with E-state index in [1.165, 1.54) is 225 Å². The van der Waals surface area contributed by atoms with Gasteiger partial charge in [0.15, 0.2) is 0 Å². The summed E-state index contributed by atoms with van der Waals surface area (Å²) in [7, 11) is 0. The Morgan fingerprint density at radius 1 is 0.422 bits per heavy atom. The van der Waals surface area contributed by atoms with Gasteiger partial charge in [0, 0.05) is 12.8 Å². The van der Waals surface area contributed by atoms with E-state index in [1.807, 2.05) is 6.08 Å². The van der Waals surface area contributed by atoms with Crippen LogP contribution in [0.15, 0.2) is 24.3 Å². The molecule has 378 valence electrons. The fourth-order valence-electron chi connectivity index (χ4n) is 8.81. The van der Waals surface area contributed by atoms with E-state index < -0.39 is 12.1 Å². The highest BCUT2D eigenvalue weighted by atomic mass is 16.5. The molecule has 2 unspecified atom stereocenters. The highest BCUT2D eigenvalue weighted by molar-refractivity contribution is 5.76. The molecular formula is C58H111NO5. The molecule has 0 aliphatic carbocycles. The summed E-state index contributed by atoms with van der Waals surface area (Å²) in [5.74, 6) is -0.112. The SMILES string of the molecule is CCCCCCCCC/C=C\CCCCCCCCCC(=O)OCCCCCCCCCCCCC(=O)NC(CO)C(O)/C=C/CCCCCCCCCCCCCCCCCCC. The van der Waals surface area contributed by atoms with Gasteiger partial charge >= 0.3 is 5.97 Å². The Morgan fingerprint density at radius 3 is 1.11 bits per heavy atom. The number of amides is 1. The Labute approximate surface area is 399 Å². The zero-order valence-electron chi connectivity index (χ0n) is 43.0. The molecule has 0 saturated heterocycles. The van der Waals surface area contributed by atoms with Gasteiger partial charge < -0.3 is 20.3 Å². The first-order valence-corrected chi connectivity index (χ1v) is 28.6. The van der Waals surface area contributed by atoms with Crippen molar-refractivity contribution in [2.75, 3.05) is 13.2 Å². The minimum atomic E-state index is -0.860. The van der Waals surface area contributed by atoms with Crippen molar-refractivity contribution >= 4 is 11.9 Å². The fraction of sp³-hybridized carbons (Fsp3) is 0.897. The van der Waals surface area contributed by atoms with Crippen molar-refractivity contribution in [3.63, 3.8) is 0 Å². The summed E-state index contributed by atoms with van der Waals surface area (Å²) in [4.78, 5) is 24.5. The van der Waals surface area contributed by atoms with Crippen LogP contribution in [0.5, 0.6) is 0 Å². The summed E-state index contributed by atoms with van der Waals surface area (Å²) < 4.78 is 5.47. The molecule has 0 bridgehead atoms. The molecule has 0 spiro atoms. The van der Waals surface area contributed by atoms with Crippen LogP contribution in [0.1, 0.15) is 309 Å². The quantitative estimate of drug-likeness (QED) is 0.0321. The zero-order chi connectivity index (χ0) is 46.5. The molecule has 0 radical (unpaired) electrons. The van der Waals surface area contributed by atoms with Crippen molar-refractivity contribution in [3.8, 4) is 0 Å². The highest BCUT2D eigenvalue weighted by Crippen LogP contribution is 2.17. The normalized spacial score (nSPS) is 12.8. The lowest BCUT2D eigenvalue weighted by Crippen LogP contribution is -2.45. The molecule has 3 N–H and O–H groups in total. The molecule has 0 fully saturated rings. The summed E-state index contributed by atoms with van der Waals surface area (Å²) in [5, 5.41) is 23.1. The highest BCUT2D eigenvalue weighted by Gasteiger charge is 2.18. The van der Waals surface area contributed by atoms with Gasteiger partial charge in [-0.05, 0) is 57.8 Å². The minimum absolute atomic E-state index is 0.0232. The van der Waals surface area contributed by atoms with Crippen molar-refractivity contribution in [1.82, 2.24) is 5.32 Å².